The summed E-state index contributed by atoms with van der Waals surface area (Å²) in [6, 6.07) is 59.3. The Morgan fingerprint density at radius 3 is 2.12 bits per heavy atom. The van der Waals surface area contributed by atoms with Gasteiger partial charge in [-0.1, -0.05) is 146 Å². The highest BCUT2D eigenvalue weighted by molar-refractivity contribution is 7.18. The van der Waals surface area contributed by atoms with Crippen LogP contribution in [0, 0.1) is 6.92 Å². The van der Waals surface area contributed by atoms with Gasteiger partial charge in [-0.3, -0.25) is 0 Å². The normalized spacial score (nSPS) is 15.0. The van der Waals surface area contributed by atoms with Crippen LogP contribution >= 0.6 is 11.3 Å². The third-order valence-electron chi connectivity index (χ3n) is 10.8. The number of fused-ring (bicyclic) bond motifs is 3. The molecule has 6 aromatic carbocycles. The largest absolute Gasteiger partial charge is 0.458 e. The van der Waals surface area contributed by atoms with Crippen molar-refractivity contribution in [1.82, 2.24) is 0 Å². The number of benzene rings is 6. The van der Waals surface area contributed by atoms with Gasteiger partial charge in [0.25, 0.3) is 0 Å². The van der Waals surface area contributed by atoms with E-state index >= 15 is 0 Å². The number of anilines is 3. The topological polar surface area (TPSA) is 12.5 Å². The van der Waals surface area contributed by atoms with Crippen molar-refractivity contribution in [3.63, 3.8) is 0 Å². The summed E-state index contributed by atoms with van der Waals surface area (Å²) in [6.45, 7) is 6.36. The van der Waals surface area contributed by atoms with E-state index in [1.807, 2.05) is 29.5 Å². The molecule has 2 heterocycles. The van der Waals surface area contributed by atoms with Crippen LogP contribution < -0.4 is 9.64 Å². The van der Waals surface area contributed by atoms with Gasteiger partial charge < -0.3 is 9.64 Å². The van der Waals surface area contributed by atoms with Crippen LogP contribution in [-0.4, -0.2) is 0 Å². The fraction of sp³-hybridized carbons (Fsp3) is 0.0741. The summed E-state index contributed by atoms with van der Waals surface area (Å²) in [6.07, 6.45) is 14.7. The van der Waals surface area contributed by atoms with Gasteiger partial charge in [-0.2, -0.15) is 0 Å². The molecular formula is C54H43NOS. The maximum absolute atomic E-state index is 6.08. The van der Waals surface area contributed by atoms with E-state index in [9.17, 15) is 0 Å². The molecule has 0 radical (unpaired) electrons. The molecule has 1 atom stereocenters. The van der Waals surface area contributed by atoms with E-state index in [1.165, 1.54) is 48.3 Å². The quantitative estimate of drug-likeness (QED) is 0.168. The summed E-state index contributed by atoms with van der Waals surface area (Å²) in [5.74, 6) is 1.85. The Bertz CT molecular complexity index is 2750. The van der Waals surface area contributed by atoms with Gasteiger partial charge >= 0.3 is 0 Å². The Hall–Kier alpha value is -6.68. The van der Waals surface area contributed by atoms with Crippen molar-refractivity contribution >= 4 is 44.6 Å². The molecule has 1 aromatic heterocycles. The fourth-order valence-corrected chi connectivity index (χ4v) is 8.85. The van der Waals surface area contributed by atoms with Crippen LogP contribution in [0.25, 0.3) is 38.4 Å². The second kappa shape index (κ2) is 16.2. The SMILES string of the molecule is C=C1/C=C\c2cc(-c3ccc(N(c4ccc(-c5ccccc6ccccc6sc5C)cc4)c4cccc(C5C=CC=CC5)c4)cc3)ccc2Cc2ccccc2O1. The smallest absolute Gasteiger partial charge is 0.130 e. The highest BCUT2D eigenvalue weighted by Gasteiger charge is 2.17. The van der Waals surface area contributed by atoms with Crippen molar-refractivity contribution in [2.75, 3.05) is 4.90 Å². The van der Waals surface area contributed by atoms with E-state index in [-0.39, 0.29) is 0 Å². The van der Waals surface area contributed by atoms with Crippen LogP contribution in [0.4, 0.5) is 17.1 Å². The molecule has 0 amide bonds. The maximum atomic E-state index is 6.08. The number of hydrogen-bond donors (Lipinski definition) is 0. The van der Waals surface area contributed by atoms with Crippen molar-refractivity contribution in [1.29, 1.82) is 0 Å². The lowest BCUT2D eigenvalue weighted by Crippen LogP contribution is -2.10. The fourth-order valence-electron chi connectivity index (χ4n) is 7.82. The lowest BCUT2D eigenvalue weighted by atomic mass is 9.92. The summed E-state index contributed by atoms with van der Waals surface area (Å²) >= 11 is 1.83. The molecule has 0 spiro atoms. The molecule has 1 aliphatic carbocycles. The standard InChI is InChI=1S/C54H43NOS/c1-38-23-24-46-35-45(25-26-47(46)36-48-17-7-10-21-53(48)56-38)41-27-31-49(32-28-41)55(51-19-12-18-44(37-51)40-13-4-3-5-14-40)50-33-29-42(30-34-50)52-20-9-6-15-43-16-8-11-22-54(43)57-39(52)2/h3-13,15-35,37,40H,1,14,36H2,2H3/b15-6?,20-9?,24-23-,52-39?. The van der Waals surface area contributed by atoms with E-state index in [1.54, 1.807) is 0 Å². The minimum absolute atomic E-state index is 0.358. The predicted molar refractivity (Wildman–Crippen MR) is 243 cm³/mol. The van der Waals surface area contributed by atoms with E-state index in [4.69, 9.17) is 4.74 Å². The van der Waals surface area contributed by atoms with Gasteiger partial charge in [0.2, 0.25) is 0 Å². The number of nitrogens with zero attached hydrogens (tertiary/aromatic N) is 1. The lowest BCUT2D eigenvalue weighted by Gasteiger charge is -2.27. The molecule has 1 aliphatic heterocycles. The molecule has 0 saturated heterocycles. The number of allylic oxidation sites excluding steroid dienone is 5. The second-order valence-electron chi connectivity index (χ2n) is 14.6. The van der Waals surface area contributed by atoms with E-state index in [0.717, 1.165) is 46.8 Å². The third kappa shape index (κ3) is 7.89. The average molecular weight is 754 g/mol. The first-order valence-corrected chi connectivity index (χ1v) is 20.4. The number of ether oxygens (including phenoxy) is 1. The zero-order chi connectivity index (χ0) is 38.6. The molecule has 57 heavy (non-hydrogen) atoms. The minimum Gasteiger partial charge on any atom is -0.458 e. The number of aryl methyl sites for hydroxylation is 1. The molecule has 0 bridgehead atoms. The Labute approximate surface area is 340 Å². The predicted octanol–water partition coefficient (Wildman–Crippen LogP) is 15.2. The third-order valence-corrected chi connectivity index (χ3v) is 12.0. The first kappa shape index (κ1) is 36.0. The van der Waals surface area contributed by atoms with Crippen LogP contribution in [0.2, 0.25) is 0 Å². The summed E-state index contributed by atoms with van der Waals surface area (Å²) < 4.78 is 7.35. The molecule has 1 unspecified atom stereocenters. The Kier molecular flexibility index (Phi) is 10.2. The van der Waals surface area contributed by atoms with Gasteiger partial charge in [-0.25, -0.2) is 0 Å². The molecule has 3 heteroatoms. The van der Waals surface area contributed by atoms with Crippen molar-refractivity contribution in [2.24, 2.45) is 0 Å². The van der Waals surface area contributed by atoms with Crippen molar-refractivity contribution in [3.8, 4) is 28.0 Å². The molecule has 2 nitrogen and oxygen atoms in total. The van der Waals surface area contributed by atoms with Crippen molar-refractivity contribution in [3.05, 3.63) is 234 Å². The molecular weight excluding hydrogens is 711 g/mol. The molecule has 7 aromatic rings. The minimum atomic E-state index is 0.358. The Balaban J connectivity index is 1.08. The van der Waals surface area contributed by atoms with Crippen LogP contribution in [0.5, 0.6) is 5.75 Å². The highest BCUT2D eigenvalue weighted by atomic mass is 32.1. The van der Waals surface area contributed by atoms with Crippen LogP contribution in [-0.2, 0) is 6.42 Å². The van der Waals surface area contributed by atoms with E-state index < -0.39 is 0 Å². The number of hydrogen-bond acceptors (Lipinski definition) is 3. The van der Waals surface area contributed by atoms with Crippen LogP contribution in [0.3, 0.4) is 0 Å². The highest BCUT2D eigenvalue weighted by Crippen LogP contribution is 2.40. The summed E-state index contributed by atoms with van der Waals surface area (Å²) in [4.78, 5) is 3.65. The molecule has 9 rings (SSSR count). The Morgan fingerprint density at radius 2 is 1.33 bits per heavy atom. The average Bonchev–Trinajstić information content (AvgIpc) is 3.38. The first-order valence-electron chi connectivity index (χ1n) is 19.6. The number of rotatable bonds is 6. The Morgan fingerprint density at radius 1 is 0.614 bits per heavy atom. The van der Waals surface area contributed by atoms with Gasteiger partial charge in [0.1, 0.15) is 11.5 Å². The zero-order valence-corrected chi connectivity index (χ0v) is 32.8. The first-order chi connectivity index (χ1) is 28.1. The van der Waals surface area contributed by atoms with Gasteiger partial charge in [0, 0.05) is 39.0 Å². The lowest BCUT2D eigenvalue weighted by molar-refractivity contribution is 0.443. The van der Waals surface area contributed by atoms with Gasteiger partial charge in [0.05, 0.1) is 0 Å². The van der Waals surface area contributed by atoms with Crippen LogP contribution in [0.15, 0.2) is 207 Å². The molecule has 2 aliphatic rings. The van der Waals surface area contributed by atoms with E-state index in [0.29, 0.717) is 11.7 Å². The van der Waals surface area contributed by atoms with Crippen molar-refractivity contribution in [2.45, 2.75) is 25.7 Å². The van der Waals surface area contributed by atoms with Gasteiger partial charge in [0.15, 0.2) is 0 Å². The molecule has 0 N–H and O–H groups in total. The van der Waals surface area contributed by atoms with Crippen LogP contribution in [0.1, 0.15) is 39.5 Å². The van der Waals surface area contributed by atoms with Crippen molar-refractivity contribution < 1.29 is 4.74 Å². The zero-order valence-electron chi connectivity index (χ0n) is 32.0. The van der Waals surface area contributed by atoms with Gasteiger partial charge in [-0.15, -0.1) is 11.3 Å². The molecule has 0 saturated carbocycles. The second-order valence-corrected chi connectivity index (χ2v) is 15.9. The van der Waals surface area contributed by atoms with Gasteiger partial charge in [-0.05, 0) is 124 Å². The summed E-state index contributed by atoms with van der Waals surface area (Å²) in [7, 11) is 0. The van der Waals surface area contributed by atoms with E-state index in [2.05, 4.69) is 200 Å². The molecule has 276 valence electrons. The summed E-state index contributed by atoms with van der Waals surface area (Å²) in [5, 5.41) is 1.24. The molecule has 0 fully saturated rings. The monoisotopic (exact) mass is 753 g/mol. The summed E-state index contributed by atoms with van der Waals surface area (Å²) in [5.41, 5.74) is 13.0. The number of para-hydroxylation sites is 1. The maximum Gasteiger partial charge on any atom is 0.130 e.